The highest BCUT2D eigenvalue weighted by molar-refractivity contribution is 7.99. The summed E-state index contributed by atoms with van der Waals surface area (Å²) < 4.78 is 5.68. The number of para-hydroxylation sites is 1. The largest absolute Gasteiger partial charge is 0.394 e. The van der Waals surface area contributed by atoms with Crippen LogP contribution in [0.15, 0.2) is 52.3 Å². The van der Waals surface area contributed by atoms with Crippen LogP contribution in [0.4, 0.5) is 11.4 Å². The second-order valence-corrected chi connectivity index (χ2v) is 8.77. The molecule has 2 aliphatic heterocycles. The Hall–Kier alpha value is -1.24. The van der Waals surface area contributed by atoms with Crippen LogP contribution < -0.4 is 4.90 Å². The van der Waals surface area contributed by atoms with Crippen LogP contribution in [0, 0.1) is 6.92 Å². The molecule has 0 aliphatic carbocycles. The topological polar surface area (TPSA) is 35.9 Å². The van der Waals surface area contributed by atoms with Gasteiger partial charge in [0.2, 0.25) is 0 Å². The van der Waals surface area contributed by atoms with Gasteiger partial charge in [-0.3, -0.25) is 0 Å². The van der Waals surface area contributed by atoms with Gasteiger partial charge in [0.25, 0.3) is 0 Å². The zero-order valence-corrected chi connectivity index (χ0v) is 18.7. The van der Waals surface area contributed by atoms with Crippen LogP contribution >= 0.6 is 24.2 Å². The summed E-state index contributed by atoms with van der Waals surface area (Å²) in [6, 6.07) is 15.5. The number of anilines is 2. The van der Waals surface area contributed by atoms with Crippen molar-refractivity contribution in [2.24, 2.45) is 0 Å². The Balaban J connectivity index is 0.00000240. The van der Waals surface area contributed by atoms with Crippen LogP contribution in [0.25, 0.3) is 0 Å². The van der Waals surface area contributed by atoms with Gasteiger partial charge in [-0.15, -0.1) is 12.4 Å². The highest BCUT2D eigenvalue weighted by Gasteiger charge is 2.24. The molecular formula is C23H31ClN2O2S. The van der Waals surface area contributed by atoms with Gasteiger partial charge in [0, 0.05) is 29.4 Å². The molecule has 0 atom stereocenters. The number of aryl methyl sites for hydroxylation is 1. The van der Waals surface area contributed by atoms with Crippen LogP contribution in [0.1, 0.15) is 24.8 Å². The molecule has 0 radical (unpaired) electrons. The Labute approximate surface area is 184 Å². The summed E-state index contributed by atoms with van der Waals surface area (Å²) in [5, 5.41) is 8.90. The molecule has 6 heteroatoms. The van der Waals surface area contributed by atoms with Crippen molar-refractivity contribution in [1.29, 1.82) is 0 Å². The average molecular weight is 435 g/mol. The van der Waals surface area contributed by atoms with Gasteiger partial charge in [0.15, 0.2) is 0 Å². The van der Waals surface area contributed by atoms with Gasteiger partial charge in [0.05, 0.1) is 30.7 Å². The summed E-state index contributed by atoms with van der Waals surface area (Å²) in [7, 11) is 0. The normalized spacial score (nSPS) is 16.8. The Morgan fingerprint density at radius 2 is 1.79 bits per heavy atom. The van der Waals surface area contributed by atoms with Crippen molar-refractivity contribution in [2.75, 3.05) is 44.3 Å². The fourth-order valence-electron chi connectivity index (χ4n) is 4.15. The van der Waals surface area contributed by atoms with Gasteiger partial charge in [-0.2, -0.15) is 0 Å². The summed E-state index contributed by atoms with van der Waals surface area (Å²) in [5.74, 6) is 0. The third-order valence-corrected chi connectivity index (χ3v) is 6.75. The van der Waals surface area contributed by atoms with Crippen molar-refractivity contribution in [1.82, 2.24) is 4.90 Å². The minimum absolute atomic E-state index is 0. The Bertz CT molecular complexity index is 796. The second kappa shape index (κ2) is 10.7. The van der Waals surface area contributed by atoms with Crippen molar-refractivity contribution in [3.05, 3.63) is 48.0 Å². The van der Waals surface area contributed by atoms with Crippen LogP contribution in [0.2, 0.25) is 0 Å². The van der Waals surface area contributed by atoms with E-state index in [9.17, 15) is 0 Å². The van der Waals surface area contributed by atoms with Gasteiger partial charge in [-0.25, -0.2) is 0 Å². The molecule has 4 nitrogen and oxygen atoms in total. The third-order valence-electron chi connectivity index (χ3n) is 5.62. The van der Waals surface area contributed by atoms with Crippen molar-refractivity contribution >= 4 is 35.5 Å². The smallest absolute Gasteiger partial charge is 0.0701 e. The number of fused-ring (bicyclic) bond motifs is 2. The van der Waals surface area contributed by atoms with E-state index in [1.165, 1.54) is 26.7 Å². The SMILES string of the molecule is Cc1ccc2c(c1)N(CCCN1CCC(OCCO)CC1)c1ccccc1S2.Cl. The van der Waals surface area contributed by atoms with Gasteiger partial charge in [0.1, 0.15) is 0 Å². The van der Waals surface area contributed by atoms with Crippen molar-refractivity contribution < 1.29 is 9.84 Å². The quantitative estimate of drug-likeness (QED) is 0.671. The molecule has 158 valence electrons. The first-order valence-corrected chi connectivity index (χ1v) is 11.2. The van der Waals surface area contributed by atoms with E-state index in [2.05, 4.69) is 59.2 Å². The van der Waals surface area contributed by atoms with E-state index in [1.54, 1.807) is 0 Å². The van der Waals surface area contributed by atoms with E-state index >= 15 is 0 Å². The lowest BCUT2D eigenvalue weighted by Crippen LogP contribution is -2.38. The Kier molecular flexibility index (Phi) is 8.27. The maximum atomic E-state index is 8.90. The predicted octanol–water partition coefficient (Wildman–Crippen LogP) is 4.88. The van der Waals surface area contributed by atoms with Gasteiger partial charge >= 0.3 is 0 Å². The van der Waals surface area contributed by atoms with Gasteiger partial charge in [-0.1, -0.05) is 30.0 Å². The molecule has 4 rings (SSSR count). The molecule has 1 fully saturated rings. The summed E-state index contributed by atoms with van der Waals surface area (Å²) in [6.07, 6.45) is 3.62. The summed E-state index contributed by atoms with van der Waals surface area (Å²) in [4.78, 5) is 7.76. The number of aliphatic hydroxyl groups is 1. The number of nitrogens with zero attached hydrogens (tertiary/aromatic N) is 2. The van der Waals surface area contributed by atoms with Crippen molar-refractivity contribution in [3.63, 3.8) is 0 Å². The zero-order valence-electron chi connectivity index (χ0n) is 17.0. The predicted molar refractivity (Wildman–Crippen MR) is 123 cm³/mol. The average Bonchev–Trinajstić information content (AvgIpc) is 2.73. The molecule has 0 bridgehead atoms. The fourth-order valence-corrected chi connectivity index (χ4v) is 5.23. The highest BCUT2D eigenvalue weighted by Crippen LogP contribution is 2.48. The van der Waals surface area contributed by atoms with E-state index in [4.69, 9.17) is 9.84 Å². The maximum absolute atomic E-state index is 8.90. The first-order chi connectivity index (χ1) is 13.7. The molecule has 2 heterocycles. The lowest BCUT2D eigenvalue weighted by atomic mass is 10.1. The summed E-state index contributed by atoms with van der Waals surface area (Å²) in [6.45, 7) is 7.12. The minimum atomic E-state index is 0. The monoisotopic (exact) mass is 434 g/mol. The van der Waals surface area contributed by atoms with Crippen LogP contribution in [0.3, 0.4) is 0 Å². The van der Waals surface area contributed by atoms with E-state index in [-0.39, 0.29) is 19.0 Å². The number of piperidine rings is 1. The number of halogens is 1. The summed E-state index contributed by atoms with van der Waals surface area (Å²) >= 11 is 1.88. The Morgan fingerprint density at radius 1 is 1.03 bits per heavy atom. The molecule has 2 aromatic rings. The number of rotatable bonds is 7. The number of hydrogen-bond donors (Lipinski definition) is 1. The second-order valence-electron chi connectivity index (χ2n) is 7.68. The van der Waals surface area contributed by atoms with Crippen molar-refractivity contribution in [2.45, 2.75) is 42.1 Å². The standard InChI is InChI=1S/C23H30N2O2S.ClH/c1-18-7-8-23-21(17-18)25(20-5-2-3-6-22(20)28-23)12-4-11-24-13-9-19(10-14-24)27-16-15-26;/h2-3,5-8,17,19,26H,4,9-16H2,1H3;1H. The summed E-state index contributed by atoms with van der Waals surface area (Å²) in [5.41, 5.74) is 4.00. The molecule has 0 aromatic heterocycles. The van der Waals surface area contributed by atoms with E-state index in [0.29, 0.717) is 12.7 Å². The number of benzene rings is 2. The lowest BCUT2D eigenvalue weighted by molar-refractivity contribution is -0.00770. The zero-order chi connectivity index (χ0) is 19.3. The lowest BCUT2D eigenvalue weighted by Gasteiger charge is -2.35. The van der Waals surface area contributed by atoms with E-state index < -0.39 is 0 Å². The molecule has 0 spiro atoms. The fraction of sp³-hybridized carbons (Fsp3) is 0.478. The van der Waals surface area contributed by atoms with Crippen LogP contribution in [-0.4, -0.2) is 55.5 Å². The minimum Gasteiger partial charge on any atom is -0.394 e. The number of ether oxygens (including phenoxy) is 1. The van der Waals surface area contributed by atoms with Crippen molar-refractivity contribution in [3.8, 4) is 0 Å². The Morgan fingerprint density at radius 3 is 2.59 bits per heavy atom. The highest BCUT2D eigenvalue weighted by atomic mass is 35.5. The molecule has 29 heavy (non-hydrogen) atoms. The maximum Gasteiger partial charge on any atom is 0.0701 e. The molecule has 0 amide bonds. The first-order valence-electron chi connectivity index (χ1n) is 10.3. The molecule has 0 unspecified atom stereocenters. The van der Waals surface area contributed by atoms with Gasteiger partial charge < -0.3 is 19.6 Å². The van der Waals surface area contributed by atoms with E-state index in [1.807, 2.05) is 11.8 Å². The third kappa shape index (κ3) is 5.47. The number of hydrogen-bond acceptors (Lipinski definition) is 5. The number of likely N-dealkylation sites (tertiary alicyclic amines) is 1. The van der Waals surface area contributed by atoms with Crippen LogP contribution in [0.5, 0.6) is 0 Å². The van der Waals surface area contributed by atoms with Crippen LogP contribution in [-0.2, 0) is 4.74 Å². The van der Waals surface area contributed by atoms with Gasteiger partial charge in [-0.05, 0) is 62.6 Å². The molecule has 1 saturated heterocycles. The molecular weight excluding hydrogens is 404 g/mol. The van der Waals surface area contributed by atoms with E-state index in [0.717, 1.165) is 45.4 Å². The molecule has 1 N–H and O–H groups in total. The molecule has 2 aromatic carbocycles. The molecule has 0 saturated carbocycles. The molecule has 2 aliphatic rings. The number of aliphatic hydroxyl groups excluding tert-OH is 1. The first kappa shape index (κ1) is 22.4.